The summed E-state index contributed by atoms with van der Waals surface area (Å²) in [6.07, 6.45) is 4.44. The van der Waals surface area contributed by atoms with Gasteiger partial charge in [-0.1, -0.05) is 17.7 Å². The Morgan fingerprint density at radius 3 is 2.75 bits per heavy atom. The van der Waals surface area contributed by atoms with E-state index in [2.05, 4.69) is 16.4 Å². The van der Waals surface area contributed by atoms with E-state index in [-0.39, 0.29) is 12.4 Å². The summed E-state index contributed by atoms with van der Waals surface area (Å²) in [5.41, 5.74) is 1.27. The van der Waals surface area contributed by atoms with E-state index in [1.54, 1.807) is 0 Å². The summed E-state index contributed by atoms with van der Waals surface area (Å²) in [6.45, 7) is 2.33. The lowest BCUT2D eigenvalue weighted by molar-refractivity contribution is 0.531. The second-order valence-electron chi connectivity index (χ2n) is 3.75. The van der Waals surface area contributed by atoms with Crippen molar-refractivity contribution in [3.63, 3.8) is 0 Å². The first-order valence-electron chi connectivity index (χ1n) is 5.27. The fourth-order valence-electron chi connectivity index (χ4n) is 1.67. The van der Waals surface area contributed by atoms with Crippen LogP contribution in [-0.2, 0) is 5.75 Å². The van der Waals surface area contributed by atoms with E-state index in [9.17, 15) is 0 Å². The maximum atomic E-state index is 5.73. The summed E-state index contributed by atoms with van der Waals surface area (Å²) in [4.78, 5) is 4.08. The third kappa shape index (κ3) is 4.50. The van der Waals surface area contributed by atoms with Gasteiger partial charge in [0.05, 0.1) is 0 Å². The van der Waals surface area contributed by atoms with Crippen LogP contribution in [0.4, 0.5) is 0 Å². The molecule has 1 N–H and O–H groups in total. The average molecular weight is 279 g/mol. The van der Waals surface area contributed by atoms with Crippen molar-refractivity contribution in [1.82, 2.24) is 10.3 Å². The summed E-state index contributed by atoms with van der Waals surface area (Å²) in [5, 5.41) is 4.76. The molecule has 1 aromatic rings. The molecule has 0 saturated carbocycles. The molecule has 0 amide bonds. The minimum Gasteiger partial charge on any atom is -0.317 e. The molecule has 0 bridgehead atoms. The molecule has 2 nitrogen and oxygen atoms in total. The average Bonchev–Trinajstić information content (AvgIpc) is 2.30. The van der Waals surface area contributed by atoms with Crippen molar-refractivity contribution in [3.05, 3.63) is 29.0 Å². The van der Waals surface area contributed by atoms with E-state index in [4.69, 9.17) is 11.6 Å². The highest BCUT2D eigenvalue weighted by Crippen LogP contribution is 2.24. The van der Waals surface area contributed by atoms with Crippen LogP contribution in [-0.4, -0.2) is 23.3 Å². The molecule has 1 aliphatic rings. The minimum absolute atomic E-state index is 0. The van der Waals surface area contributed by atoms with Crippen LogP contribution in [0.2, 0.25) is 5.15 Å². The lowest BCUT2D eigenvalue weighted by Crippen LogP contribution is -2.29. The quantitative estimate of drug-likeness (QED) is 0.860. The smallest absolute Gasteiger partial charge is 0.129 e. The zero-order valence-corrected chi connectivity index (χ0v) is 11.4. The van der Waals surface area contributed by atoms with Gasteiger partial charge < -0.3 is 5.32 Å². The standard InChI is InChI=1S/C11H15ClN2S.ClH/c12-11-2-1-9(7-14-11)8-15-10-3-5-13-6-4-10;/h1-2,7,10,13H,3-6,8H2;1H. The van der Waals surface area contributed by atoms with Crippen molar-refractivity contribution in [2.24, 2.45) is 0 Å². The zero-order chi connectivity index (χ0) is 10.5. The summed E-state index contributed by atoms with van der Waals surface area (Å²) in [5.74, 6) is 1.05. The molecule has 1 saturated heterocycles. The van der Waals surface area contributed by atoms with Gasteiger partial charge in [0.15, 0.2) is 0 Å². The summed E-state index contributed by atoms with van der Waals surface area (Å²) < 4.78 is 0. The number of piperidine rings is 1. The van der Waals surface area contributed by atoms with Gasteiger partial charge in [0.2, 0.25) is 0 Å². The van der Waals surface area contributed by atoms with Gasteiger partial charge in [-0.15, -0.1) is 12.4 Å². The number of aromatic nitrogens is 1. The van der Waals surface area contributed by atoms with Crippen LogP contribution in [0.15, 0.2) is 18.3 Å². The molecule has 1 aliphatic heterocycles. The largest absolute Gasteiger partial charge is 0.317 e. The van der Waals surface area contributed by atoms with Crippen LogP contribution in [0.25, 0.3) is 0 Å². The number of thioether (sulfide) groups is 1. The SMILES string of the molecule is Cl.Clc1ccc(CSC2CCNCC2)cn1. The molecule has 0 radical (unpaired) electrons. The van der Waals surface area contributed by atoms with E-state index >= 15 is 0 Å². The summed E-state index contributed by atoms with van der Waals surface area (Å²) in [6, 6.07) is 3.92. The first-order chi connectivity index (χ1) is 7.34. The molecule has 1 aromatic heterocycles. The van der Waals surface area contributed by atoms with Crippen molar-refractivity contribution in [2.45, 2.75) is 23.8 Å². The third-order valence-electron chi connectivity index (χ3n) is 2.56. The van der Waals surface area contributed by atoms with E-state index in [0.29, 0.717) is 5.15 Å². The maximum absolute atomic E-state index is 5.73. The minimum atomic E-state index is 0. The van der Waals surface area contributed by atoms with Crippen molar-refractivity contribution in [2.75, 3.05) is 13.1 Å². The van der Waals surface area contributed by atoms with Gasteiger partial charge in [-0.2, -0.15) is 11.8 Å². The molecule has 5 heteroatoms. The van der Waals surface area contributed by atoms with E-state index in [0.717, 1.165) is 24.1 Å². The van der Waals surface area contributed by atoms with Crippen molar-refractivity contribution in [3.8, 4) is 0 Å². The highest BCUT2D eigenvalue weighted by molar-refractivity contribution is 7.99. The normalized spacial score (nSPS) is 16.8. The Kier molecular flexibility index (Phi) is 6.51. The molecular formula is C11H16Cl2N2S. The van der Waals surface area contributed by atoms with Crippen molar-refractivity contribution >= 4 is 35.8 Å². The second-order valence-corrected chi connectivity index (χ2v) is 5.43. The Labute approximate surface area is 112 Å². The molecule has 0 aromatic carbocycles. The zero-order valence-electron chi connectivity index (χ0n) is 8.99. The maximum Gasteiger partial charge on any atom is 0.129 e. The number of nitrogens with zero attached hydrogens (tertiary/aromatic N) is 1. The fourth-order valence-corrected chi connectivity index (χ4v) is 2.95. The number of rotatable bonds is 3. The van der Waals surface area contributed by atoms with E-state index in [1.807, 2.05) is 24.0 Å². The molecular weight excluding hydrogens is 263 g/mol. The Morgan fingerprint density at radius 2 is 2.12 bits per heavy atom. The summed E-state index contributed by atoms with van der Waals surface area (Å²) >= 11 is 7.77. The number of pyridine rings is 1. The number of hydrogen-bond donors (Lipinski definition) is 1. The molecule has 2 heterocycles. The predicted molar refractivity (Wildman–Crippen MR) is 73.7 cm³/mol. The van der Waals surface area contributed by atoms with Crippen LogP contribution in [0.3, 0.4) is 0 Å². The lowest BCUT2D eigenvalue weighted by atomic mass is 10.2. The Morgan fingerprint density at radius 1 is 1.38 bits per heavy atom. The Balaban J connectivity index is 0.00000128. The van der Waals surface area contributed by atoms with Gasteiger partial charge in [0.1, 0.15) is 5.15 Å². The van der Waals surface area contributed by atoms with E-state index in [1.165, 1.54) is 18.4 Å². The first kappa shape index (κ1) is 14.1. The van der Waals surface area contributed by atoms with Crippen LogP contribution in [0.5, 0.6) is 0 Å². The first-order valence-corrected chi connectivity index (χ1v) is 6.70. The van der Waals surface area contributed by atoms with Gasteiger partial charge >= 0.3 is 0 Å². The highest BCUT2D eigenvalue weighted by atomic mass is 35.5. The van der Waals surface area contributed by atoms with Crippen LogP contribution < -0.4 is 5.32 Å². The number of hydrogen-bond acceptors (Lipinski definition) is 3. The molecule has 90 valence electrons. The number of halogens is 2. The highest BCUT2D eigenvalue weighted by Gasteiger charge is 2.12. The fraction of sp³-hybridized carbons (Fsp3) is 0.545. The Bertz CT molecular complexity index is 299. The van der Waals surface area contributed by atoms with E-state index < -0.39 is 0 Å². The monoisotopic (exact) mass is 278 g/mol. The molecule has 16 heavy (non-hydrogen) atoms. The van der Waals surface area contributed by atoms with Crippen LogP contribution >= 0.6 is 35.8 Å². The van der Waals surface area contributed by atoms with Crippen LogP contribution in [0.1, 0.15) is 18.4 Å². The molecule has 0 spiro atoms. The molecule has 2 rings (SSSR count). The molecule has 0 aliphatic carbocycles. The van der Waals surface area contributed by atoms with Gasteiger partial charge in [0, 0.05) is 17.2 Å². The lowest BCUT2D eigenvalue weighted by Gasteiger charge is -2.21. The summed E-state index contributed by atoms with van der Waals surface area (Å²) in [7, 11) is 0. The topological polar surface area (TPSA) is 24.9 Å². The second kappa shape index (κ2) is 7.38. The Hall–Kier alpha value is 0.0400. The third-order valence-corrected chi connectivity index (χ3v) is 4.23. The van der Waals surface area contributed by atoms with Crippen LogP contribution in [0, 0.1) is 0 Å². The van der Waals surface area contributed by atoms with Crippen molar-refractivity contribution < 1.29 is 0 Å². The number of nitrogens with one attached hydrogen (secondary N) is 1. The van der Waals surface area contributed by atoms with Gasteiger partial charge in [-0.05, 0) is 37.6 Å². The van der Waals surface area contributed by atoms with Gasteiger partial charge in [0.25, 0.3) is 0 Å². The predicted octanol–water partition coefficient (Wildman–Crippen LogP) is 3.14. The molecule has 0 atom stereocenters. The molecule has 1 fully saturated rings. The van der Waals surface area contributed by atoms with Gasteiger partial charge in [-0.25, -0.2) is 4.98 Å². The molecule has 0 unspecified atom stereocenters. The van der Waals surface area contributed by atoms with Crippen molar-refractivity contribution in [1.29, 1.82) is 0 Å². The van der Waals surface area contributed by atoms with Gasteiger partial charge in [-0.3, -0.25) is 0 Å².